The van der Waals surface area contributed by atoms with Crippen molar-refractivity contribution in [2.24, 2.45) is 17.8 Å². The second kappa shape index (κ2) is 17.9. The van der Waals surface area contributed by atoms with E-state index in [4.69, 9.17) is 9.90 Å². The third kappa shape index (κ3) is 13.7. The number of rotatable bonds is 9. The van der Waals surface area contributed by atoms with Gasteiger partial charge in [0.15, 0.2) is 0 Å². The van der Waals surface area contributed by atoms with Crippen LogP contribution in [-0.4, -0.2) is 60.5 Å². The first kappa shape index (κ1) is 30.4. The van der Waals surface area contributed by atoms with Crippen molar-refractivity contribution in [1.82, 2.24) is 15.5 Å². The maximum Gasteiger partial charge on any atom is 0.300 e. The molecule has 7 nitrogen and oxygen atoms in total. The van der Waals surface area contributed by atoms with Gasteiger partial charge in [-0.05, 0) is 63.8 Å². The summed E-state index contributed by atoms with van der Waals surface area (Å²) in [6, 6.07) is 0.859. The molecule has 1 aliphatic carbocycles. The maximum absolute atomic E-state index is 11.3. The smallest absolute Gasteiger partial charge is 0.300 e. The van der Waals surface area contributed by atoms with Crippen molar-refractivity contribution in [2.45, 2.75) is 104 Å². The van der Waals surface area contributed by atoms with E-state index < -0.39 is 5.97 Å². The van der Waals surface area contributed by atoms with E-state index in [0.717, 1.165) is 25.8 Å². The van der Waals surface area contributed by atoms with Gasteiger partial charge in [0.1, 0.15) is 0 Å². The lowest BCUT2D eigenvalue weighted by molar-refractivity contribution is -0.134. The van der Waals surface area contributed by atoms with Crippen molar-refractivity contribution in [2.75, 3.05) is 20.1 Å². The van der Waals surface area contributed by atoms with Crippen molar-refractivity contribution in [1.29, 1.82) is 0 Å². The zero-order chi connectivity index (χ0) is 24.5. The SMILES string of the molecule is CC(=O)O.CCC(C)CCC1C(C)CCN1C=O.CNCC(=O)NC(C)C1CCCCC1. The van der Waals surface area contributed by atoms with Crippen LogP contribution in [0.4, 0.5) is 0 Å². The highest BCUT2D eigenvalue weighted by Crippen LogP contribution is 2.28. The molecule has 32 heavy (non-hydrogen) atoms. The molecule has 0 radical (unpaired) electrons. The Bertz CT molecular complexity index is 519. The Morgan fingerprint density at radius 1 is 1.16 bits per heavy atom. The summed E-state index contributed by atoms with van der Waals surface area (Å²) in [5.74, 6) is 1.48. The Balaban J connectivity index is 0.000000515. The largest absolute Gasteiger partial charge is 0.481 e. The number of likely N-dealkylation sites (N-methyl/N-ethyl adjacent to an activating group) is 1. The van der Waals surface area contributed by atoms with Gasteiger partial charge in [-0.25, -0.2) is 0 Å². The Morgan fingerprint density at radius 2 is 1.75 bits per heavy atom. The van der Waals surface area contributed by atoms with Crippen molar-refractivity contribution in [3.8, 4) is 0 Å². The number of carboxylic acids is 1. The van der Waals surface area contributed by atoms with Crippen LogP contribution in [-0.2, 0) is 14.4 Å². The molecule has 1 saturated heterocycles. The Labute approximate surface area is 196 Å². The fourth-order valence-electron chi connectivity index (χ4n) is 4.50. The zero-order valence-corrected chi connectivity index (χ0v) is 21.4. The average molecular weight is 456 g/mol. The molecule has 3 N–H and O–H groups in total. The third-order valence-electron chi connectivity index (χ3n) is 6.80. The lowest BCUT2D eigenvalue weighted by Gasteiger charge is -2.28. The van der Waals surface area contributed by atoms with Gasteiger partial charge in [-0.15, -0.1) is 0 Å². The summed E-state index contributed by atoms with van der Waals surface area (Å²) in [5, 5.41) is 13.3. The number of carboxylic acid groups (broad SMARTS) is 1. The molecule has 1 heterocycles. The minimum atomic E-state index is -0.833. The van der Waals surface area contributed by atoms with Gasteiger partial charge in [0, 0.05) is 25.6 Å². The number of nitrogens with one attached hydrogen (secondary N) is 2. The first-order valence-electron chi connectivity index (χ1n) is 12.5. The van der Waals surface area contributed by atoms with Crippen LogP contribution in [0.1, 0.15) is 92.4 Å². The van der Waals surface area contributed by atoms with Gasteiger partial charge < -0.3 is 20.6 Å². The van der Waals surface area contributed by atoms with E-state index in [9.17, 15) is 9.59 Å². The fourth-order valence-corrected chi connectivity index (χ4v) is 4.50. The van der Waals surface area contributed by atoms with Gasteiger partial charge in [-0.1, -0.05) is 46.5 Å². The van der Waals surface area contributed by atoms with E-state index in [1.54, 1.807) is 7.05 Å². The second-order valence-corrected chi connectivity index (χ2v) is 9.57. The van der Waals surface area contributed by atoms with Gasteiger partial charge in [0.05, 0.1) is 6.54 Å². The molecule has 2 aliphatic rings. The van der Waals surface area contributed by atoms with E-state index in [1.165, 1.54) is 57.8 Å². The van der Waals surface area contributed by atoms with Gasteiger partial charge in [-0.2, -0.15) is 0 Å². The first-order valence-corrected chi connectivity index (χ1v) is 12.5. The predicted molar refractivity (Wildman–Crippen MR) is 130 cm³/mol. The van der Waals surface area contributed by atoms with Crippen LogP contribution in [0.3, 0.4) is 0 Å². The van der Waals surface area contributed by atoms with Crippen molar-refractivity contribution in [3.63, 3.8) is 0 Å². The summed E-state index contributed by atoms with van der Waals surface area (Å²) in [6.45, 7) is 11.4. The Morgan fingerprint density at radius 3 is 2.25 bits per heavy atom. The summed E-state index contributed by atoms with van der Waals surface area (Å²) in [5.41, 5.74) is 0. The van der Waals surface area contributed by atoms with Gasteiger partial charge in [-0.3, -0.25) is 14.4 Å². The highest BCUT2D eigenvalue weighted by atomic mass is 16.4. The molecule has 7 heteroatoms. The molecule has 4 atom stereocenters. The highest BCUT2D eigenvalue weighted by Gasteiger charge is 2.29. The van der Waals surface area contributed by atoms with Gasteiger partial charge in [0.25, 0.3) is 5.97 Å². The Kier molecular flexibility index (Phi) is 17.0. The highest BCUT2D eigenvalue weighted by molar-refractivity contribution is 5.78. The monoisotopic (exact) mass is 455 g/mol. The van der Waals surface area contributed by atoms with E-state index in [-0.39, 0.29) is 5.91 Å². The molecule has 1 saturated carbocycles. The fraction of sp³-hybridized carbons (Fsp3) is 0.880. The van der Waals surface area contributed by atoms with Gasteiger partial charge in [0.2, 0.25) is 12.3 Å². The van der Waals surface area contributed by atoms with E-state index in [1.807, 2.05) is 4.90 Å². The molecule has 2 amide bonds. The van der Waals surface area contributed by atoms with Crippen LogP contribution in [0.15, 0.2) is 0 Å². The lowest BCUT2D eigenvalue weighted by Crippen LogP contribution is -2.42. The first-order chi connectivity index (χ1) is 15.2. The number of carbonyl (C=O) groups excluding carboxylic acids is 2. The number of nitrogens with zero attached hydrogens (tertiary/aromatic N) is 1. The van der Waals surface area contributed by atoms with Crippen LogP contribution in [0.5, 0.6) is 0 Å². The molecule has 0 aromatic heterocycles. The average Bonchev–Trinajstić information content (AvgIpc) is 3.12. The Hall–Kier alpha value is -1.63. The standard InChI is InChI=1S/C12H23NO.C11H22N2O.C2H4O2/c1-4-10(2)5-6-12-11(3)7-8-13(12)9-14;1-9(13-11(14)8-12-2)10-6-4-3-5-7-10;1-2(3)4/h9-12H,4-8H2,1-3H3;9-10,12H,3-8H2,1-2H3,(H,13,14);1H3,(H,3,4). The molecule has 188 valence electrons. The minimum Gasteiger partial charge on any atom is -0.481 e. The summed E-state index contributed by atoms with van der Waals surface area (Å²) >= 11 is 0. The number of hydrogen-bond donors (Lipinski definition) is 3. The van der Waals surface area contributed by atoms with Crippen molar-refractivity contribution >= 4 is 18.3 Å². The number of amides is 2. The molecule has 4 unspecified atom stereocenters. The maximum atomic E-state index is 11.3. The molecule has 0 bridgehead atoms. The number of likely N-dealkylation sites (tertiary alicyclic amines) is 1. The summed E-state index contributed by atoms with van der Waals surface area (Å²) in [7, 11) is 1.80. The van der Waals surface area contributed by atoms with Crippen LogP contribution in [0, 0.1) is 17.8 Å². The molecule has 0 aromatic carbocycles. The lowest BCUT2D eigenvalue weighted by atomic mass is 9.84. The molecular weight excluding hydrogens is 406 g/mol. The number of aliphatic carboxylic acids is 1. The quantitative estimate of drug-likeness (QED) is 0.455. The van der Waals surface area contributed by atoms with E-state index >= 15 is 0 Å². The topological polar surface area (TPSA) is 98.7 Å². The molecule has 0 aromatic rings. The molecular formula is C25H49N3O4. The van der Waals surface area contributed by atoms with Crippen LogP contribution in [0.2, 0.25) is 0 Å². The van der Waals surface area contributed by atoms with Crippen molar-refractivity contribution in [3.05, 3.63) is 0 Å². The van der Waals surface area contributed by atoms with E-state index in [0.29, 0.717) is 30.5 Å². The van der Waals surface area contributed by atoms with Crippen LogP contribution >= 0.6 is 0 Å². The van der Waals surface area contributed by atoms with Crippen LogP contribution < -0.4 is 10.6 Å². The second-order valence-electron chi connectivity index (χ2n) is 9.57. The van der Waals surface area contributed by atoms with Crippen molar-refractivity contribution < 1.29 is 19.5 Å². The molecule has 2 fully saturated rings. The minimum absolute atomic E-state index is 0.116. The summed E-state index contributed by atoms with van der Waals surface area (Å²) < 4.78 is 0. The van der Waals surface area contributed by atoms with Gasteiger partial charge >= 0.3 is 0 Å². The van der Waals surface area contributed by atoms with E-state index in [2.05, 4.69) is 38.3 Å². The normalized spacial score (nSPS) is 22.5. The molecule has 1 aliphatic heterocycles. The zero-order valence-electron chi connectivity index (χ0n) is 21.4. The number of carbonyl (C=O) groups is 3. The predicted octanol–water partition coefficient (Wildman–Crippen LogP) is 4.06. The number of hydrogen-bond acceptors (Lipinski definition) is 4. The molecule has 2 rings (SSSR count). The third-order valence-corrected chi connectivity index (χ3v) is 6.80. The summed E-state index contributed by atoms with van der Waals surface area (Å²) in [4.78, 5) is 33.1. The van der Waals surface area contributed by atoms with Crippen LogP contribution in [0.25, 0.3) is 0 Å². The molecule has 0 spiro atoms. The summed E-state index contributed by atoms with van der Waals surface area (Å²) in [6.07, 6.45) is 12.5.